The number of amides is 1. The van der Waals surface area contributed by atoms with Gasteiger partial charge in [0, 0.05) is 18.4 Å². The van der Waals surface area contributed by atoms with Gasteiger partial charge in [-0.15, -0.1) is 0 Å². The lowest BCUT2D eigenvalue weighted by molar-refractivity contribution is -0.125. The highest BCUT2D eigenvalue weighted by molar-refractivity contribution is 5.78. The maximum absolute atomic E-state index is 11.6. The van der Waals surface area contributed by atoms with E-state index in [2.05, 4.69) is 5.32 Å². The summed E-state index contributed by atoms with van der Waals surface area (Å²) in [5.41, 5.74) is 0. The van der Waals surface area contributed by atoms with Gasteiger partial charge in [-0.1, -0.05) is 13.8 Å². The van der Waals surface area contributed by atoms with Gasteiger partial charge in [0.1, 0.15) is 5.76 Å². The number of nitrogens with one attached hydrogen (secondary N) is 1. The minimum atomic E-state index is 0.103. The Hall–Kier alpha value is -1.25. The molecule has 0 bridgehead atoms. The van der Waals surface area contributed by atoms with E-state index in [9.17, 15) is 4.79 Å². The van der Waals surface area contributed by atoms with Crippen LogP contribution < -0.4 is 5.32 Å². The van der Waals surface area contributed by atoms with Crippen LogP contribution >= 0.6 is 0 Å². The number of aryl methyl sites for hydroxylation is 1. The minimum Gasteiger partial charge on any atom is -0.469 e. The van der Waals surface area contributed by atoms with Crippen LogP contribution in [0.5, 0.6) is 0 Å². The smallest absolute Gasteiger partial charge is 0.223 e. The van der Waals surface area contributed by atoms with E-state index >= 15 is 0 Å². The van der Waals surface area contributed by atoms with Crippen molar-refractivity contribution in [2.45, 2.75) is 46.1 Å². The molecule has 0 aliphatic carbocycles. The van der Waals surface area contributed by atoms with Crippen molar-refractivity contribution in [3.8, 4) is 0 Å². The van der Waals surface area contributed by atoms with Gasteiger partial charge in [-0.3, -0.25) is 4.79 Å². The lowest BCUT2D eigenvalue weighted by Gasteiger charge is -2.16. The molecule has 3 nitrogen and oxygen atoms in total. The second-order valence-corrected chi connectivity index (χ2v) is 4.34. The molecule has 90 valence electrons. The third kappa shape index (κ3) is 4.09. The van der Waals surface area contributed by atoms with Gasteiger partial charge in [0.15, 0.2) is 0 Å². The van der Waals surface area contributed by atoms with E-state index in [0.29, 0.717) is 0 Å². The number of hydrogen-bond donors (Lipinski definition) is 1. The summed E-state index contributed by atoms with van der Waals surface area (Å²) in [6.45, 7) is 6.01. The molecule has 16 heavy (non-hydrogen) atoms. The zero-order valence-corrected chi connectivity index (χ0v) is 10.3. The van der Waals surface area contributed by atoms with E-state index in [4.69, 9.17) is 4.42 Å². The van der Waals surface area contributed by atoms with E-state index in [1.807, 2.05) is 32.9 Å². The lowest BCUT2D eigenvalue weighted by atomic mass is 10.1. The van der Waals surface area contributed by atoms with Crippen LogP contribution in [0, 0.1) is 5.92 Å². The highest BCUT2D eigenvalue weighted by atomic mass is 16.3. The summed E-state index contributed by atoms with van der Waals surface area (Å²) in [6, 6.07) is 4.05. The summed E-state index contributed by atoms with van der Waals surface area (Å²) in [5.74, 6) is 1.23. The second kappa shape index (κ2) is 6.36. The van der Waals surface area contributed by atoms with Crippen molar-refractivity contribution in [2.75, 3.05) is 0 Å². The summed E-state index contributed by atoms with van der Waals surface area (Å²) in [7, 11) is 0. The molecule has 2 unspecified atom stereocenters. The number of rotatable bonds is 6. The van der Waals surface area contributed by atoms with Crippen LogP contribution in [0.4, 0.5) is 0 Å². The van der Waals surface area contributed by atoms with Crippen molar-refractivity contribution in [1.29, 1.82) is 0 Å². The van der Waals surface area contributed by atoms with E-state index < -0.39 is 0 Å². The first-order valence-electron chi connectivity index (χ1n) is 5.96. The Labute approximate surface area is 97.2 Å². The SMILES string of the molecule is CCC(C)C(=O)NC(C)CCc1ccco1. The van der Waals surface area contributed by atoms with Gasteiger partial charge < -0.3 is 9.73 Å². The highest BCUT2D eigenvalue weighted by Crippen LogP contribution is 2.07. The maximum atomic E-state index is 11.6. The molecule has 1 N–H and O–H groups in total. The molecule has 1 aromatic rings. The average molecular weight is 223 g/mol. The molecule has 0 spiro atoms. The Balaban J connectivity index is 2.25. The van der Waals surface area contributed by atoms with E-state index in [1.54, 1.807) is 6.26 Å². The van der Waals surface area contributed by atoms with Gasteiger partial charge in [-0.25, -0.2) is 0 Å². The molecule has 0 aromatic carbocycles. The van der Waals surface area contributed by atoms with E-state index in [1.165, 1.54) is 0 Å². The summed E-state index contributed by atoms with van der Waals surface area (Å²) in [6.07, 6.45) is 4.35. The number of carbonyl (C=O) groups is 1. The van der Waals surface area contributed by atoms with Gasteiger partial charge in [0.25, 0.3) is 0 Å². The zero-order valence-electron chi connectivity index (χ0n) is 10.3. The summed E-state index contributed by atoms with van der Waals surface area (Å²) in [4.78, 5) is 11.6. The zero-order chi connectivity index (χ0) is 12.0. The van der Waals surface area contributed by atoms with Gasteiger partial charge in [-0.05, 0) is 31.9 Å². The molecule has 1 heterocycles. The summed E-state index contributed by atoms with van der Waals surface area (Å²) < 4.78 is 5.24. The first kappa shape index (κ1) is 12.8. The third-order valence-corrected chi connectivity index (χ3v) is 2.85. The molecule has 1 rings (SSSR count). The number of carbonyl (C=O) groups excluding carboxylic acids is 1. The molecule has 0 aliphatic heterocycles. The largest absolute Gasteiger partial charge is 0.469 e. The van der Waals surface area contributed by atoms with Crippen molar-refractivity contribution >= 4 is 5.91 Å². The first-order valence-corrected chi connectivity index (χ1v) is 5.96. The first-order chi connectivity index (χ1) is 7.63. The van der Waals surface area contributed by atoms with Gasteiger partial charge in [0.05, 0.1) is 6.26 Å². The fourth-order valence-corrected chi connectivity index (χ4v) is 1.46. The van der Waals surface area contributed by atoms with Crippen molar-refractivity contribution in [3.05, 3.63) is 24.2 Å². The lowest BCUT2D eigenvalue weighted by Crippen LogP contribution is -2.36. The van der Waals surface area contributed by atoms with Gasteiger partial charge in [0.2, 0.25) is 5.91 Å². The fourth-order valence-electron chi connectivity index (χ4n) is 1.46. The maximum Gasteiger partial charge on any atom is 0.223 e. The van der Waals surface area contributed by atoms with E-state index in [0.717, 1.165) is 25.0 Å². The Bertz CT molecular complexity index is 306. The predicted molar refractivity (Wildman–Crippen MR) is 64.1 cm³/mol. The molecule has 0 saturated heterocycles. The molecule has 1 aromatic heterocycles. The third-order valence-electron chi connectivity index (χ3n) is 2.85. The van der Waals surface area contributed by atoms with Crippen LogP contribution in [-0.2, 0) is 11.2 Å². The molecule has 1 amide bonds. The van der Waals surface area contributed by atoms with Crippen molar-refractivity contribution in [2.24, 2.45) is 5.92 Å². The standard InChI is InChI=1S/C13H21NO2/c1-4-10(2)13(15)14-11(3)7-8-12-6-5-9-16-12/h5-6,9-11H,4,7-8H2,1-3H3,(H,14,15). The fraction of sp³-hybridized carbons (Fsp3) is 0.615. The predicted octanol–water partition coefficient (Wildman–Crippen LogP) is 2.76. The molecule has 0 radical (unpaired) electrons. The molecule has 0 fully saturated rings. The highest BCUT2D eigenvalue weighted by Gasteiger charge is 2.13. The van der Waals surface area contributed by atoms with Crippen molar-refractivity contribution in [3.63, 3.8) is 0 Å². The van der Waals surface area contributed by atoms with Crippen LogP contribution in [0.25, 0.3) is 0 Å². The van der Waals surface area contributed by atoms with Crippen LogP contribution in [0.2, 0.25) is 0 Å². The number of furan rings is 1. The molecule has 2 atom stereocenters. The molecule has 3 heteroatoms. The summed E-state index contributed by atoms with van der Waals surface area (Å²) >= 11 is 0. The van der Waals surface area contributed by atoms with Crippen molar-refractivity contribution in [1.82, 2.24) is 5.32 Å². The average Bonchev–Trinajstić information content (AvgIpc) is 2.78. The molecule has 0 aliphatic rings. The van der Waals surface area contributed by atoms with E-state index in [-0.39, 0.29) is 17.9 Å². The van der Waals surface area contributed by atoms with Crippen LogP contribution in [-0.4, -0.2) is 11.9 Å². The molecular formula is C13H21NO2. The molecule has 0 saturated carbocycles. The Morgan fingerprint density at radius 2 is 2.25 bits per heavy atom. The number of hydrogen-bond acceptors (Lipinski definition) is 2. The van der Waals surface area contributed by atoms with Crippen LogP contribution in [0.3, 0.4) is 0 Å². The van der Waals surface area contributed by atoms with Gasteiger partial charge >= 0.3 is 0 Å². The topological polar surface area (TPSA) is 42.2 Å². The Morgan fingerprint density at radius 1 is 1.50 bits per heavy atom. The van der Waals surface area contributed by atoms with Gasteiger partial charge in [-0.2, -0.15) is 0 Å². The molecular weight excluding hydrogens is 202 g/mol. The second-order valence-electron chi connectivity index (χ2n) is 4.34. The summed E-state index contributed by atoms with van der Waals surface area (Å²) in [5, 5.41) is 3.01. The Kier molecular flexibility index (Phi) is 5.09. The Morgan fingerprint density at radius 3 is 2.81 bits per heavy atom. The van der Waals surface area contributed by atoms with Crippen LogP contribution in [0.15, 0.2) is 22.8 Å². The van der Waals surface area contributed by atoms with Crippen molar-refractivity contribution < 1.29 is 9.21 Å². The minimum absolute atomic E-state index is 0.103. The normalized spacial score (nSPS) is 14.4. The quantitative estimate of drug-likeness (QED) is 0.805. The monoisotopic (exact) mass is 223 g/mol. The van der Waals surface area contributed by atoms with Crippen LogP contribution in [0.1, 0.15) is 39.4 Å².